The van der Waals surface area contributed by atoms with Gasteiger partial charge in [0.1, 0.15) is 12.6 Å². The van der Waals surface area contributed by atoms with Gasteiger partial charge in [0, 0.05) is 12.3 Å². The second-order valence-electron chi connectivity index (χ2n) is 9.72. The molecule has 0 aromatic heterocycles. The van der Waals surface area contributed by atoms with Gasteiger partial charge in [0.2, 0.25) is 5.91 Å². The lowest BCUT2D eigenvalue weighted by atomic mass is 9.92. The van der Waals surface area contributed by atoms with E-state index in [1.54, 1.807) is 0 Å². The number of unbranched alkanes of at least 4 members (excludes halogenated alkanes) is 1. The fourth-order valence-electron chi connectivity index (χ4n) is 5.47. The lowest BCUT2D eigenvalue weighted by molar-refractivity contribution is -0.142. The molecule has 7 nitrogen and oxygen atoms in total. The third-order valence-corrected chi connectivity index (χ3v) is 7.25. The van der Waals surface area contributed by atoms with Crippen LogP contribution in [-0.4, -0.2) is 41.3 Å². The van der Waals surface area contributed by atoms with Crippen molar-refractivity contribution in [3.63, 3.8) is 0 Å². The van der Waals surface area contributed by atoms with E-state index in [1.165, 1.54) is 0 Å². The van der Waals surface area contributed by atoms with Gasteiger partial charge in [-0.15, -0.1) is 0 Å². The quantitative estimate of drug-likeness (QED) is 0.446. The molecule has 2 aromatic carbocycles. The van der Waals surface area contributed by atoms with Gasteiger partial charge in [0.25, 0.3) is 0 Å². The topological polar surface area (TPSA) is 105 Å². The van der Waals surface area contributed by atoms with E-state index in [-0.39, 0.29) is 24.9 Å². The molecular weight excluding hydrogens is 444 g/mol. The maximum atomic E-state index is 12.9. The summed E-state index contributed by atoms with van der Waals surface area (Å²) in [6.07, 6.45) is 4.60. The number of carboxylic acids is 1. The van der Waals surface area contributed by atoms with Crippen molar-refractivity contribution < 1.29 is 24.2 Å². The fourth-order valence-corrected chi connectivity index (χ4v) is 5.47. The number of ether oxygens (including phenoxy) is 1. The smallest absolute Gasteiger partial charge is 0.407 e. The number of fused-ring (bicyclic) bond motifs is 3. The third-order valence-electron chi connectivity index (χ3n) is 7.25. The van der Waals surface area contributed by atoms with Crippen LogP contribution < -0.4 is 10.6 Å². The van der Waals surface area contributed by atoms with Gasteiger partial charge < -0.3 is 20.5 Å². The van der Waals surface area contributed by atoms with Crippen molar-refractivity contribution in [2.45, 2.75) is 75.8 Å². The second-order valence-corrected chi connectivity index (χ2v) is 9.72. The number of carboxylic acid groups (broad SMARTS) is 1. The molecule has 2 aliphatic rings. The van der Waals surface area contributed by atoms with E-state index < -0.39 is 23.6 Å². The van der Waals surface area contributed by atoms with E-state index in [0.29, 0.717) is 19.3 Å². The van der Waals surface area contributed by atoms with Crippen molar-refractivity contribution in [1.82, 2.24) is 10.6 Å². The van der Waals surface area contributed by atoms with Gasteiger partial charge in [-0.3, -0.25) is 4.79 Å². The van der Waals surface area contributed by atoms with Crippen molar-refractivity contribution in [2.24, 2.45) is 0 Å². The van der Waals surface area contributed by atoms with Gasteiger partial charge in [-0.1, -0.05) is 81.1 Å². The highest BCUT2D eigenvalue weighted by molar-refractivity contribution is 5.85. The lowest BCUT2D eigenvalue weighted by Crippen LogP contribution is -2.51. The highest BCUT2D eigenvalue weighted by Gasteiger charge is 2.39. The normalized spacial score (nSPS) is 16.7. The van der Waals surface area contributed by atoms with E-state index in [9.17, 15) is 19.5 Å². The molecule has 2 amide bonds. The van der Waals surface area contributed by atoms with Crippen molar-refractivity contribution in [1.29, 1.82) is 0 Å². The number of alkyl carbamates (subject to hydrolysis) is 1. The molecule has 2 aromatic rings. The summed E-state index contributed by atoms with van der Waals surface area (Å²) in [7, 11) is 0. The molecule has 35 heavy (non-hydrogen) atoms. The number of carbonyl (C=O) groups excluding carboxylic acids is 2. The van der Waals surface area contributed by atoms with Crippen molar-refractivity contribution in [3.05, 3.63) is 59.7 Å². The second kappa shape index (κ2) is 10.9. The number of hydrogen-bond donors (Lipinski definition) is 3. The number of hydrogen-bond acceptors (Lipinski definition) is 4. The molecule has 0 radical (unpaired) electrons. The maximum absolute atomic E-state index is 12.9. The zero-order valence-corrected chi connectivity index (χ0v) is 20.2. The average Bonchev–Trinajstić information content (AvgIpc) is 3.42. The predicted octanol–water partition coefficient (Wildman–Crippen LogP) is 4.99. The van der Waals surface area contributed by atoms with E-state index in [4.69, 9.17) is 4.74 Å². The molecule has 0 aliphatic heterocycles. The van der Waals surface area contributed by atoms with Crippen molar-refractivity contribution in [2.75, 3.05) is 6.61 Å². The van der Waals surface area contributed by atoms with Gasteiger partial charge in [0.15, 0.2) is 0 Å². The van der Waals surface area contributed by atoms with Crippen LogP contribution >= 0.6 is 0 Å². The van der Waals surface area contributed by atoms with E-state index in [0.717, 1.165) is 47.9 Å². The fraction of sp³-hybridized carbons (Fsp3) is 0.464. The summed E-state index contributed by atoms with van der Waals surface area (Å²) in [5.41, 5.74) is 3.90. The largest absolute Gasteiger partial charge is 0.480 e. The van der Waals surface area contributed by atoms with Gasteiger partial charge >= 0.3 is 12.1 Å². The van der Waals surface area contributed by atoms with Crippen LogP contribution in [0.25, 0.3) is 11.1 Å². The zero-order chi connectivity index (χ0) is 24.8. The molecule has 3 N–H and O–H groups in total. The van der Waals surface area contributed by atoms with Gasteiger partial charge in [-0.05, 0) is 41.5 Å². The monoisotopic (exact) mass is 478 g/mol. The Balaban J connectivity index is 1.38. The zero-order valence-electron chi connectivity index (χ0n) is 20.2. The molecule has 2 aliphatic carbocycles. The van der Waals surface area contributed by atoms with E-state index in [2.05, 4.69) is 34.9 Å². The Morgan fingerprint density at radius 2 is 1.63 bits per heavy atom. The summed E-state index contributed by atoms with van der Waals surface area (Å²) >= 11 is 0. The molecule has 7 heteroatoms. The summed E-state index contributed by atoms with van der Waals surface area (Å²) in [5, 5.41) is 15.0. The van der Waals surface area contributed by atoms with Gasteiger partial charge in [-0.2, -0.15) is 0 Å². The van der Waals surface area contributed by atoms with Crippen LogP contribution in [0.4, 0.5) is 4.79 Å². The summed E-state index contributed by atoms with van der Waals surface area (Å²) in [6.45, 7) is 2.19. The van der Waals surface area contributed by atoms with E-state index in [1.807, 2.05) is 31.2 Å². The molecule has 0 bridgehead atoms. The molecule has 0 saturated heterocycles. The molecule has 1 saturated carbocycles. The Kier molecular flexibility index (Phi) is 7.73. The molecule has 1 unspecified atom stereocenters. The Bertz CT molecular complexity index is 1030. The first kappa shape index (κ1) is 24.8. The maximum Gasteiger partial charge on any atom is 0.407 e. The van der Waals surface area contributed by atoms with Crippen LogP contribution in [0.15, 0.2) is 48.5 Å². The average molecular weight is 479 g/mol. The first-order chi connectivity index (χ1) is 16.9. The first-order valence-corrected chi connectivity index (χ1v) is 12.6. The highest BCUT2D eigenvalue weighted by Crippen LogP contribution is 2.44. The molecule has 0 heterocycles. The van der Waals surface area contributed by atoms with Crippen LogP contribution in [0.3, 0.4) is 0 Å². The van der Waals surface area contributed by atoms with Crippen LogP contribution in [0.1, 0.15) is 75.3 Å². The van der Waals surface area contributed by atoms with Gasteiger partial charge in [0.05, 0.1) is 5.54 Å². The van der Waals surface area contributed by atoms with Crippen molar-refractivity contribution >= 4 is 18.0 Å². The Morgan fingerprint density at radius 1 is 1.03 bits per heavy atom. The first-order valence-electron chi connectivity index (χ1n) is 12.6. The molecule has 4 rings (SSSR count). The minimum atomic E-state index is -1.03. The number of nitrogens with one attached hydrogen (secondary N) is 2. The summed E-state index contributed by atoms with van der Waals surface area (Å²) in [5.74, 6) is -1.42. The standard InChI is InChI=1S/C28H34N2O5/c1-2-3-14-24(26(32)33)29-25(31)17-28(15-8-9-16-28)30-27(34)35-18-23-21-12-6-4-10-19(21)20-11-5-7-13-22(20)23/h4-7,10-13,23-24H,2-3,8-9,14-18H2,1H3,(H,29,31)(H,30,34)(H,32,33). The Hall–Kier alpha value is -3.35. The molecule has 186 valence electrons. The number of carbonyl (C=O) groups is 3. The van der Waals surface area contributed by atoms with E-state index >= 15 is 0 Å². The molecule has 1 atom stereocenters. The lowest BCUT2D eigenvalue weighted by Gasteiger charge is -2.30. The predicted molar refractivity (Wildman–Crippen MR) is 133 cm³/mol. The number of benzene rings is 2. The number of amides is 2. The minimum Gasteiger partial charge on any atom is -0.480 e. The highest BCUT2D eigenvalue weighted by atomic mass is 16.5. The van der Waals surface area contributed by atoms with Gasteiger partial charge in [-0.25, -0.2) is 9.59 Å². The Morgan fingerprint density at radius 3 is 2.20 bits per heavy atom. The molecular formula is C28H34N2O5. The number of aliphatic carboxylic acids is 1. The summed E-state index contributed by atoms with van der Waals surface area (Å²) in [6, 6.07) is 15.4. The molecule has 0 spiro atoms. The SMILES string of the molecule is CCCCC(NC(=O)CC1(NC(=O)OCC2c3ccccc3-c3ccccc32)CCCC1)C(=O)O. The molecule has 1 fully saturated rings. The van der Waals surface area contributed by atoms with Crippen LogP contribution in [0.2, 0.25) is 0 Å². The van der Waals surface area contributed by atoms with Crippen LogP contribution in [-0.2, 0) is 14.3 Å². The number of rotatable bonds is 10. The summed E-state index contributed by atoms with van der Waals surface area (Å²) in [4.78, 5) is 37.1. The Labute approximate surface area is 206 Å². The van der Waals surface area contributed by atoms with Crippen molar-refractivity contribution in [3.8, 4) is 11.1 Å². The van der Waals surface area contributed by atoms with Crippen LogP contribution in [0.5, 0.6) is 0 Å². The minimum absolute atomic E-state index is 0.0362. The third kappa shape index (κ3) is 5.66. The van der Waals surface area contributed by atoms with Crippen LogP contribution in [0, 0.1) is 0 Å². The summed E-state index contributed by atoms with van der Waals surface area (Å²) < 4.78 is 5.70.